The highest BCUT2D eigenvalue weighted by Gasteiger charge is 2.44. The fourth-order valence-electron chi connectivity index (χ4n) is 4.05. The van der Waals surface area contributed by atoms with Gasteiger partial charge < -0.3 is 18.8 Å². The largest absolute Gasteiger partial charge is 0.491 e. The first-order valence-corrected chi connectivity index (χ1v) is 11.3. The topological polar surface area (TPSA) is 62.6 Å². The molecule has 3 aromatic carbocycles. The number of carbonyl (C=O) groups excluding carboxylic acids is 1. The second kappa shape index (κ2) is 9.63. The van der Waals surface area contributed by atoms with Crippen molar-refractivity contribution < 1.29 is 19.0 Å². The highest BCUT2D eigenvalue weighted by molar-refractivity contribution is 6.08. The molecule has 1 fully saturated rings. The van der Waals surface area contributed by atoms with Crippen LogP contribution in [-0.4, -0.2) is 34.7 Å². The van der Waals surface area contributed by atoms with Crippen LogP contribution in [0.2, 0.25) is 0 Å². The minimum absolute atomic E-state index is 0.0120. The summed E-state index contributed by atoms with van der Waals surface area (Å²) in [4.78, 5) is 16.7. The van der Waals surface area contributed by atoms with Gasteiger partial charge >= 0.3 is 0 Å². The molecule has 0 N–H and O–H groups in total. The van der Waals surface area contributed by atoms with Gasteiger partial charge in [0.15, 0.2) is 5.78 Å². The summed E-state index contributed by atoms with van der Waals surface area (Å²) in [6, 6.07) is 24.6. The van der Waals surface area contributed by atoms with Crippen molar-refractivity contribution in [3.05, 3.63) is 120 Å². The number of hydrogen-bond acceptors (Lipinski definition) is 5. The first-order valence-electron chi connectivity index (χ1n) is 11.3. The molecule has 5 rings (SSSR count). The third-order valence-corrected chi connectivity index (χ3v) is 5.89. The Morgan fingerprint density at radius 1 is 1.03 bits per heavy atom. The van der Waals surface area contributed by atoms with E-state index in [4.69, 9.17) is 14.2 Å². The van der Waals surface area contributed by atoms with Gasteiger partial charge in [0.1, 0.15) is 18.5 Å². The quantitative estimate of drug-likeness (QED) is 0.359. The molecule has 0 amide bonds. The summed E-state index contributed by atoms with van der Waals surface area (Å²) in [6.07, 6.45) is 5.15. The maximum absolute atomic E-state index is 12.6. The number of imidazole rings is 1. The zero-order valence-corrected chi connectivity index (χ0v) is 19.0. The molecule has 4 aromatic rings. The molecular formula is C28H26N2O4. The fourth-order valence-corrected chi connectivity index (χ4v) is 4.05. The SMILES string of the molecule is Cc1ccc(C2(Cn3ccnc3)OCC(COc3ccc(C(=O)c4ccccc4)cc3)O2)cc1. The van der Waals surface area contributed by atoms with Crippen LogP contribution in [0.1, 0.15) is 27.0 Å². The lowest BCUT2D eigenvalue weighted by molar-refractivity contribution is -0.189. The number of hydrogen-bond donors (Lipinski definition) is 0. The van der Waals surface area contributed by atoms with Crippen molar-refractivity contribution >= 4 is 5.78 Å². The molecule has 1 aliphatic heterocycles. The summed E-state index contributed by atoms with van der Waals surface area (Å²) in [5.41, 5.74) is 3.42. The number of ketones is 1. The summed E-state index contributed by atoms with van der Waals surface area (Å²) in [5, 5.41) is 0. The Hall–Kier alpha value is -3.74. The average Bonchev–Trinajstić information content (AvgIpc) is 3.54. The molecule has 0 bridgehead atoms. The number of carbonyl (C=O) groups is 1. The highest BCUT2D eigenvalue weighted by atomic mass is 16.8. The third-order valence-electron chi connectivity index (χ3n) is 5.89. The van der Waals surface area contributed by atoms with Crippen molar-refractivity contribution in [2.45, 2.75) is 25.4 Å². The first kappa shape index (κ1) is 22.1. The van der Waals surface area contributed by atoms with Crippen LogP contribution in [0.4, 0.5) is 0 Å². The van der Waals surface area contributed by atoms with E-state index in [0.29, 0.717) is 36.6 Å². The number of benzene rings is 3. The molecule has 6 heteroatoms. The molecule has 1 aromatic heterocycles. The van der Waals surface area contributed by atoms with E-state index in [-0.39, 0.29) is 11.9 Å². The molecule has 1 aliphatic rings. The summed E-state index contributed by atoms with van der Waals surface area (Å²) >= 11 is 0. The Kier molecular flexibility index (Phi) is 6.25. The molecular weight excluding hydrogens is 428 g/mol. The number of aryl methyl sites for hydroxylation is 1. The molecule has 2 heterocycles. The van der Waals surface area contributed by atoms with E-state index < -0.39 is 5.79 Å². The van der Waals surface area contributed by atoms with E-state index in [0.717, 1.165) is 5.56 Å². The van der Waals surface area contributed by atoms with Crippen molar-refractivity contribution in [1.82, 2.24) is 9.55 Å². The average molecular weight is 455 g/mol. The smallest absolute Gasteiger partial charge is 0.214 e. The van der Waals surface area contributed by atoms with Crippen LogP contribution in [0.3, 0.4) is 0 Å². The van der Waals surface area contributed by atoms with Gasteiger partial charge in [-0.1, -0.05) is 60.2 Å². The number of nitrogens with zero attached hydrogens (tertiary/aromatic N) is 2. The number of rotatable bonds is 8. The molecule has 172 valence electrons. The molecule has 1 saturated heterocycles. The Bertz CT molecular complexity index is 1220. The Labute approximate surface area is 198 Å². The predicted octanol–water partition coefficient (Wildman–Crippen LogP) is 4.77. The van der Waals surface area contributed by atoms with Crippen molar-refractivity contribution in [1.29, 1.82) is 0 Å². The summed E-state index contributed by atoms with van der Waals surface area (Å²) in [6.45, 7) is 3.29. The lowest BCUT2D eigenvalue weighted by atomic mass is 10.0. The van der Waals surface area contributed by atoms with E-state index in [1.165, 1.54) is 5.56 Å². The van der Waals surface area contributed by atoms with Crippen LogP contribution < -0.4 is 4.74 Å². The molecule has 0 aliphatic carbocycles. The second-order valence-corrected chi connectivity index (χ2v) is 8.44. The molecule has 0 spiro atoms. The molecule has 6 nitrogen and oxygen atoms in total. The molecule has 34 heavy (non-hydrogen) atoms. The first-order chi connectivity index (χ1) is 16.6. The normalized spacial score (nSPS) is 19.7. The van der Waals surface area contributed by atoms with Gasteiger partial charge in [0.05, 0.1) is 19.5 Å². The van der Waals surface area contributed by atoms with Crippen LogP contribution >= 0.6 is 0 Å². The number of ether oxygens (including phenoxy) is 3. The van der Waals surface area contributed by atoms with E-state index in [1.54, 1.807) is 24.7 Å². The Morgan fingerprint density at radius 2 is 1.76 bits per heavy atom. The van der Waals surface area contributed by atoms with Crippen LogP contribution in [0.15, 0.2) is 97.6 Å². The summed E-state index contributed by atoms with van der Waals surface area (Å²) in [5.74, 6) is -0.244. The highest BCUT2D eigenvalue weighted by Crippen LogP contribution is 2.36. The van der Waals surface area contributed by atoms with Crippen LogP contribution in [0.5, 0.6) is 5.75 Å². The molecule has 0 saturated carbocycles. The third kappa shape index (κ3) is 4.78. The zero-order valence-electron chi connectivity index (χ0n) is 19.0. The lowest BCUT2D eigenvalue weighted by Crippen LogP contribution is -2.34. The summed E-state index contributed by atoms with van der Waals surface area (Å²) in [7, 11) is 0. The van der Waals surface area contributed by atoms with Crippen LogP contribution in [0, 0.1) is 6.92 Å². The molecule has 0 radical (unpaired) electrons. The lowest BCUT2D eigenvalue weighted by Gasteiger charge is -2.29. The predicted molar refractivity (Wildman–Crippen MR) is 128 cm³/mol. The van der Waals surface area contributed by atoms with Crippen LogP contribution in [-0.2, 0) is 21.8 Å². The van der Waals surface area contributed by atoms with Crippen molar-refractivity contribution in [3.8, 4) is 5.75 Å². The van der Waals surface area contributed by atoms with Crippen molar-refractivity contribution in [3.63, 3.8) is 0 Å². The maximum Gasteiger partial charge on any atom is 0.214 e. The molecule has 2 unspecified atom stereocenters. The standard InChI is InChI=1S/C28H26N2O4/c1-21-7-11-24(12-8-21)28(19-30-16-15-29-20-30)33-18-26(34-28)17-32-25-13-9-23(10-14-25)27(31)22-5-3-2-4-6-22/h2-16,20,26H,17-19H2,1H3. The van der Waals surface area contributed by atoms with Gasteiger partial charge in [-0.3, -0.25) is 4.79 Å². The van der Waals surface area contributed by atoms with E-state index in [1.807, 2.05) is 65.4 Å². The summed E-state index contributed by atoms with van der Waals surface area (Å²) < 4.78 is 20.6. The zero-order chi connectivity index (χ0) is 23.4. The minimum atomic E-state index is -0.908. The molecule has 2 atom stereocenters. The van der Waals surface area contributed by atoms with E-state index in [9.17, 15) is 4.79 Å². The maximum atomic E-state index is 12.6. The van der Waals surface area contributed by atoms with Gasteiger partial charge in [0, 0.05) is 29.1 Å². The van der Waals surface area contributed by atoms with Gasteiger partial charge in [0.25, 0.3) is 0 Å². The Morgan fingerprint density at radius 3 is 2.47 bits per heavy atom. The van der Waals surface area contributed by atoms with Crippen molar-refractivity contribution in [2.24, 2.45) is 0 Å². The van der Waals surface area contributed by atoms with Gasteiger partial charge in [-0.2, -0.15) is 0 Å². The van der Waals surface area contributed by atoms with Crippen LogP contribution in [0.25, 0.3) is 0 Å². The van der Waals surface area contributed by atoms with Gasteiger partial charge in [-0.25, -0.2) is 4.98 Å². The fraction of sp³-hybridized carbons (Fsp3) is 0.214. The number of aromatic nitrogens is 2. The Balaban J connectivity index is 1.25. The van der Waals surface area contributed by atoms with E-state index in [2.05, 4.69) is 24.0 Å². The van der Waals surface area contributed by atoms with E-state index >= 15 is 0 Å². The monoisotopic (exact) mass is 454 g/mol. The van der Waals surface area contributed by atoms with Gasteiger partial charge in [-0.15, -0.1) is 0 Å². The minimum Gasteiger partial charge on any atom is -0.491 e. The van der Waals surface area contributed by atoms with Gasteiger partial charge in [0.2, 0.25) is 5.79 Å². The van der Waals surface area contributed by atoms with Crippen molar-refractivity contribution in [2.75, 3.05) is 13.2 Å². The second-order valence-electron chi connectivity index (χ2n) is 8.44. The van der Waals surface area contributed by atoms with Gasteiger partial charge in [-0.05, 0) is 31.2 Å².